The van der Waals surface area contributed by atoms with Gasteiger partial charge in [0.15, 0.2) is 5.01 Å². The molecule has 3 nitrogen and oxygen atoms in total. The van der Waals surface area contributed by atoms with Crippen molar-refractivity contribution in [1.29, 1.82) is 0 Å². The molecule has 6 heteroatoms. The lowest BCUT2D eigenvalue weighted by atomic mass is 10.2. The van der Waals surface area contributed by atoms with Gasteiger partial charge in [-0.3, -0.25) is 0 Å². The van der Waals surface area contributed by atoms with Crippen LogP contribution in [0.4, 0.5) is 13.9 Å². The molecule has 1 aromatic heterocycles. The Kier molecular flexibility index (Phi) is 2.59. The first-order valence-electron chi connectivity index (χ1n) is 4.18. The molecule has 0 unspecified atom stereocenters. The molecule has 0 aliphatic rings. The molecule has 0 spiro atoms. The first-order chi connectivity index (χ1) is 7.22. The molecule has 0 atom stereocenters. The van der Waals surface area contributed by atoms with Gasteiger partial charge in [-0.1, -0.05) is 17.4 Å². The van der Waals surface area contributed by atoms with Gasteiger partial charge in [-0.05, 0) is 12.1 Å². The molecule has 1 aromatic carbocycles. The molecule has 2 rings (SSSR count). The lowest BCUT2D eigenvalue weighted by Crippen LogP contribution is -1.88. The second-order valence-corrected chi connectivity index (χ2v) is 3.74. The minimum atomic E-state index is -0.631. The third-order valence-electron chi connectivity index (χ3n) is 1.82. The number of nitrogens with zero attached hydrogens (tertiary/aromatic N) is 2. The van der Waals surface area contributed by atoms with E-state index in [4.69, 9.17) is 0 Å². The lowest BCUT2D eigenvalue weighted by Gasteiger charge is -1.98. The average Bonchev–Trinajstić information content (AvgIpc) is 2.66. The Morgan fingerprint density at radius 2 is 1.87 bits per heavy atom. The van der Waals surface area contributed by atoms with E-state index in [-0.39, 0.29) is 10.6 Å². The maximum Gasteiger partial charge on any atom is 0.205 e. The molecule has 15 heavy (non-hydrogen) atoms. The van der Waals surface area contributed by atoms with Crippen LogP contribution in [0, 0.1) is 11.6 Å². The van der Waals surface area contributed by atoms with E-state index in [0.717, 1.165) is 11.3 Å². The highest BCUT2D eigenvalue weighted by Crippen LogP contribution is 2.30. The summed E-state index contributed by atoms with van der Waals surface area (Å²) in [6, 6.07) is 3.70. The first kappa shape index (κ1) is 9.97. The van der Waals surface area contributed by atoms with Gasteiger partial charge in [-0.25, -0.2) is 8.78 Å². The second-order valence-electron chi connectivity index (χ2n) is 2.76. The van der Waals surface area contributed by atoms with Crippen molar-refractivity contribution in [2.24, 2.45) is 0 Å². The molecular weight excluding hydrogens is 220 g/mol. The van der Waals surface area contributed by atoms with Crippen LogP contribution in [-0.2, 0) is 0 Å². The molecule has 0 saturated heterocycles. The monoisotopic (exact) mass is 227 g/mol. The van der Waals surface area contributed by atoms with Crippen LogP contribution >= 0.6 is 11.3 Å². The Bertz CT molecular complexity index is 464. The zero-order valence-corrected chi connectivity index (χ0v) is 8.61. The molecule has 0 aliphatic heterocycles. The van der Waals surface area contributed by atoms with Gasteiger partial charge in [-0.2, -0.15) is 0 Å². The van der Waals surface area contributed by atoms with Crippen molar-refractivity contribution in [3.63, 3.8) is 0 Å². The summed E-state index contributed by atoms with van der Waals surface area (Å²) in [5.41, 5.74) is -0.128. The summed E-state index contributed by atoms with van der Waals surface area (Å²) in [6.07, 6.45) is 0. The number of aromatic nitrogens is 2. The van der Waals surface area contributed by atoms with E-state index >= 15 is 0 Å². The molecule has 2 aromatic rings. The minimum Gasteiger partial charge on any atom is -0.363 e. The molecule has 0 radical (unpaired) electrons. The van der Waals surface area contributed by atoms with Crippen LogP contribution in [0.25, 0.3) is 10.6 Å². The Morgan fingerprint density at radius 3 is 2.40 bits per heavy atom. The highest BCUT2D eigenvalue weighted by molar-refractivity contribution is 7.18. The molecule has 1 heterocycles. The van der Waals surface area contributed by atoms with Gasteiger partial charge in [-0.15, -0.1) is 10.2 Å². The molecule has 0 aliphatic carbocycles. The van der Waals surface area contributed by atoms with E-state index in [2.05, 4.69) is 15.5 Å². The fourth-order valence-corrected chi connectivity index (χ4v) is 1.87. The molecule has 0 bridgehead atoms. The predicted octanol–water partition coefficient (Wildman–Crippen LogP) is 2.53. The fourth-order valence-electron chi connectivity index (χ4n) is 1.13. The number of hydrogen-bond donors (Lipinski definition) is 1. The molecule has 78 valence electrons. The van der Waals surface area contributed by atoms with Gasteiger partial charge < -0.3 is 5.32 Å². The zero-order valence-electron chi connectivity index (χ0n) is 7.79. The summed E-state index contributed by atoms with van der Waals surface area (Å²) in [6.45, 7) is 0. The van der Waals surface area contributed by atoms with E-state index in [1.165, 1.54) is 18.2 Å². The highest BCUT2D eigenvalue weighted by Gasteiger charge is 2.15. The molecule has 0 amide bonds. The van der Waals surface area contributed by atoms with Crippen molar-refractivity contribution in [2.75, 3.05) is 12.4 Å². The first-order valence-corrected chi connectivity index (χ1v) is 4.99. The van der Waals surface area contributed by atoms with Crippen LogP contribution in [0.15, 0.2) is 18.2 Å². The Labute approximate surface area is 88.8 Å². The topological polar surface area (TPSA) is 37.8 Å². The van der Waals surface area contributed by atoms with Crippen LogP contribution in [0.3, 0.4) is 0 Å². The number of anilines is 1. The normalized spacial score (nSPS) is 10.3. The van der Waals surface area contributed by atoms with E-state index in [9.17, 15) is 8.78 Å². The van der Waals surface area contributed by atoms with E-state index in [1.807, 2.05) is 0 Å². The average molecular weight is 227 g/mol. The largest absolute Gasteiger partial charge is 0.363 e. The van der Waals surface area contributed by atoms with E-state index in [0.29, 0.717) is 5.13 Å². The molecule has 0 saturated carbocycles. The zero-order chi connectivity index (χ0) is 10.8. The number of rotatable bonds is 2. The number of halogens is 2. The van der Waals surface area contributed by atoms with Crippen LogP contribution in [0.5, 0.6) is 0 Å². The smallest absolute Gasteiger partial charge is 0.205 e. The van der Waals surface area contributed by atoms with Crippen molar-refractivity contribution in [3.8, 4) is 10.6 Å². The van der Waals surface area contributed by atoms with Crippen LogP contribution in [0.1, 0.15) is 0 Å². The maximum absolute atomic E-state index is 13.3. The fraction of sp³-hybridized carbons (Fsp3) is 0.111. The van der Waals surface area contributed by atoms with E-state index < -0.39 is 11.6 Å². The summed E-state index contributed by atoms with van der Waals surface area (Å²) in [5, 5.41) is 10.9. The lowest BCUT2D eigenvalue weighted by molar-refractivity contribution is 0.589. The van der Waals surface area contributed by atoms with Crippen LogP contribution in [0.2, 0.25) is 0 Å². The van der Waals surface area contributed by atoms with Crippen molar-refractivity contribution in [1.82, 2.24) is 10.2 Å². The third kappa shape index (κ3) is 1.80. The van der Waals surface area contributed by atoms with Crippen molar-refractivity contribution >= 4 is 16.5 Å². The predicted molar refractivity (Wildman–Crippen MR) is 54.8 cm³/mol. The third-order valence-corrected chi connectivity index (χ3v) is 2.77. The number of hydrogen-bond acceptors (Lipinski definition) is 4. The summed E-state index contributed by atoms with van der Waals surface area (Å²) in [5.74, 6) is -1.26. The van der Waals surface area contributed by atoms with Gasteiger partial charge in [0.05, 0.1) is 5.56 Å². The standard InChI is InChI=1S/C9H7F2N3S/c1-12-9-14-13-8(15-9)7-5(10)3-2-4-6(7)11/h2-4H,1H3,(H,12,14). The van der Waals surface area contributed by atoms with Crippen molar-refractivity contribution in [3.05, 3.63) is 29.8 Å². The highest BCUT2D eigenvalue weighted by atomic mass is 32.1. The van der Waals surface area contributed by atoms with Crippen molar-refractivity contribution < 1.29 is 8.78 Å². The summed E-state index contributed by atoms with van der Waals surface area (Å²) in [7, 11) is 1.67. The van der Waals surface area contributed by atoms with Crippen molar-refractivity contribution in [2.45, 2.75) is 0 Å². The molecule has 1 N–H and O–H groups in total. The van der Waals surface area contributed by atoms with Gasteiger partial charge in [0.1, 0.15) is 11.6 Å². The van der Waals surface area contributed by atoms with Crippen LogP contribution < -0.4 is 5.32 Å². The Morgan fingerprint density at radius 1 is 1.20 bits per heavy atom. The summed E-state index contributed by atoms with van der Waals surface area (Å²) in [4.78, 5) is 0. The minimum absolute atomic E-state index is 0.128. The van der Waals surface area contributed by atoms with E-state index in [1.54, 1.807) is 7.05 Å². The molecule has 0 fully saturated rings. The molecular formula is C9H7F2N3S. The van der Waals surface area contributed by atoms with Gasteiger partial charge in [0, 0.05) is 7.05 Å². The van der Waals surface area contributed by atoms with Gasteiger partial charge >= 0.3 is 0 Å². The Hall–Kier alpha value is -1.56. The SMILES string of the molecule is CNc1nnc(-c2c(F)cccc2F)s1. The van der Waals surface area contributed by atoms with Crippen LogP contribution in [-0.4, -0.2) is 17.2 Å². The Balaban J connectivity index is 2.53. The quantitative estimate of drug-likeness (QED) is 0.856. The maximum atomic E-state index is 13.3. The number of benzene rings is 1. The van der Waals surface area contributed by atoms with Gasteiger partial charge in [0.2, 0.25) is 5.13 Å². The summed E-state index contributed by atoms with van der Waals surface area (Å²) >= 11 is 1.10. The number of nitrogens with one attached hydrogen (secondary N) is 1. The summed E-state index contributed by atoms with van der Waals surface area (Å²) < 4.78 is 26.7. The second kappa shape index (κ2) is 3.90. The van der Waals surface area contributed by atoms with Gasteiger partial charge in [0.25, 0.3) is 0 Å².